The average molecular weight is 515 g/mol. The fourth-order valence-corrected chi connectivity index (χ4v) is 10.3. The molecule has 1 N–H and O–H groups in total. The highest BCUT2D eigenvalue weighted by Gasteiger charge is 2.78. The van der Waals surface area contributed by atoms with Crippen LogP contribution < -0.4 is 0 Å². The van der Waals surface area contributed by atoms with Crippen LogP contribution in [0.1, 0.15) is 99.8 Å². The van der Waals surface area contributed by atoms with E-state index in [0.717, 1.165) is 31.6 Å². The van der Waals surface area contributed by atoms with Gasteiger partial charge in [-0.15, -0.1) is 0 Å². The quantitative estimate of drug-likeness (QED) is 0.362. The molecule has 4 fully saturated rings. The van der Waals surface area contributed by atoms with Crippen molar-refractivity contribution in [1.29, 1.82) is 0 Å². The second-order valence-electron chi connectivity index (χ2n) is 15.2. The molecular weight excluding hydrogens is 460 g/mol. The highest BCUT2D eigenvalue weighted by Crippen LogP contribution is 2.78. The van der Waals surface area contributed by atoms with E-state index < -0.39 is 5.60 Å². The zero-order valence-electron chi connectivity index (χ0n) is 25.1. The van der Waals surface area contributed by atoms with Crippen LogP contribution in [0.3, 0.4) is 0 Å². The van der Waals surface area contributed by atoms with E-state index in [1.54, 1.807) is 7.11 Å². The molecule has 0 aromatic heterocycles. The van der Waals surface area contributed by atoms with E-state index in [-0.39, 0.29) is 34.2 Å². The molecule has 0 amide bonds. The maximum atomic E-state index is 11.1. The summed E-state index contributed by atoms with van der Waals surface area (Å²) in [6.45, 7) is 16.3. The molecule has 0 aromatic carbocycles. The zero-order valence-corrected chi connectivity index (χ0v) is 25.1. The largest absolute Gasteiger partial charge is 0.392 e. The molecule has 1 aliphatic heterocycles. The molecule has 4 heteroatoms. The van der Waals surface area contributed by atoms with Crippen LogP contribution in [0.2, 0.25) is 0 Å². The van der Waals surface area contributed by atoms with E-state index in [4.69, 9.17) is 14.2 Å². The van der Waals surface area contributed by atoms with Crippen LogP contribution in [0.15, 0.2) is 24.3 Å². The second kappa shape index (κ2) is 8.91. The van der Waals surface area contributed by atoms with Gasteiger partial charge in [0.05, 0.1) is 11.7 Å². The third kappa shape index (κ3) is 3.60. The standard InChI is InChI=1S/C33H54O4/c1-22(11-10-16-28(2,3)36-9)21-23-14-17-31(7)24-15-18-33-25(12-13-26(34)29(33,4)5)32(24,27(35-8)37-33)20-19-30(23,31)6/h10,15-16,18,22-27,34H,11-14,17,19-21H2,1-9H3/b16-10+/t22-,23-,24+,25+,26+,27?,30-,31+,32+,33-/m1/s1. The second-order valence-corrected chi connectivity index (χ2v) is 15.2. The lowest BCUT2D eigenvalue weighted by Gasteiger charge is -2.65. The van der Waals surface area contributed by atoms with E-state index in [1.165, 1.54) is 25.7 Å². The first kappa shape index (κ1) is 27.9. The Morgan fingerprint density at radius 1 is 1.05 bits per heavy atom. The Labute approximate surface area is 226 Å². The maximum absolute atomic E-state index is 11.1. The first-order chi connectivity index (χ1) is 17.2. The Bertz CT molecular complexity index is 937. The van der Waals surface area contributed by atoms with Crippen LogP contribution in [-0.4, -0.2) is 42.9 Å². The molecule has 5 aliphatic rings. The van der Waals surface area contributed by atoms with Crippen LogP contribution in [0, 0.1) is 45.3 Å². The van der Waals surface area contributed by atoms with E-state index in [2.05, 4.69) is 72.8 Å². The van der Waals surface area contributed by atoms with E-state index >= 15 is 0 Å². The van der Waals surface area contributed by atoms with E-state index in [1.807, 2.05) is 7.11 Å². The molecule has 4 aliphatic carbocycles. The highest BCUT2D eigenvalue weighted by atomic mass is 16.7. The summed E-state index contributed by atoms with van der Waals surface area (Å²) in [5, 5.41) is 11.1. The lowest BCUT2D eigenvalue weighted by Crippen LogP contribution is -2.65. The lowest BCUT2D eigenvalue weighted by atomic mass is 9.38. The number of methoxy groups -OCH3 is 2. The van der Waals surface area contributed by atoms with Gasteiger partial charge in [0, 0.05) is 31.0 Å². The van der Waals surface area contributed by atoms with Crippen molar-refractivity contribution in [3.8, 4) is 0 Å². The van der Waals surface area contributed by atoms with Gasteiger partial charge in [-0.05, 0) is 93.8 Å². The Balaban J connectivity index is 1.43. The van der Waals surface area contributed by atoms with E-state index in [9.17, 15) is 5.11 Å². The number of hydrogen-bond donors (Lipinski definition) is 1. The highest BCUT2D eigenvalue weighted by molar-refractivity contribution is 5.34. The Hall–Kier alpha value is -0.680. The third-order valence-electron chi connectivity index (χ3n) is 13.1. The van der Waals surface area contributed by atoms with Crippen LogP contribution in [0.4, 0.5) is 0 Å². The number of aliphatic hydroxyl groups excluding tert-OH is 1. The van der Waals surface area contributed by atoms with E-state index in [0.29, 0.717) is 23.2 Å². The molecule has 1 saturated heterocycles. The van der Waals surface area contributed by atoms with Crippen molar-refractivity contribution in [2.75, 3.05) is 14.2 Å². The molecule has 4 nitrogen and oxygen atoms in total. The predicted molar refractivity (Wildman–Crippen MR) is 149 cm³/mol. The molecule has 210 valence electrons. The van der Waals surface area contributed by atoms with Crippen LogP contribution in [0.5, 0.6) is 0 Å². The van der Waals surface area contributed by atoms with Crippen LogP contribution >= 0.6 is 0 Å². The van der Waals surface area contributed by atoms with Crippen LogP contribution in [-0.2, 0) is 14.2 Å². The summed E-state index contributed by atoms with van der Waals surface area (Å²) < 4.78 is 18.8. The summed E-state index contributed by atoms with van der Waals surface area (Å²) in [6, 6.07) is 0. The molecule has 5 rings (SSSR count). The molecule has 37 heavy (non-hydrogen) atoms. The maximum Gasteiger partial charge on any atom is 0.164 e. The summed E-state index contributed by atoms with van der Waals surface area (Å²) in [4.78, 5) is 0. The van der Waals surface area contributed by atoms with Gasteiger partial charge in [-0.3, -0.25) is 0 Å². The van der Waals surface area contributed by atoms with Crippen molar-refractivity contribution in [2.45, 2.75) is 123 Å². The smallest absolute Gasteiger partial charge is 0.164 e. The molecule has 1 unspecified atom stereocenters. The number of fused-ring (bicyclic) bond motifs is 2. The summed E-state index contributed by atoms with van der Waals surface area (Å²) in [5.74, 6) is 2.28. The minimum atomic E-state index is -0.430. The molecule has 1 spiro atoms. The minimum absolute atomic E-state index is 0.00412. The molecule has 3 saturated carbocycles. The number of allylic oxidation sites excluding steroid dienone is 2. The molecule has 0 aromatic rings. The molecular formula is C33H54O4. The fourth-order valence-electron chi connectivity index (χ4n) is 10.3. The van der Waals surface area contributed by atoms with Gasteiger partial charge in [0.1, 0.15) is 5.60 Å². The number of aliphatic hydroxyl groups is 1. The first-order valence-electron chi connectivity index (χ1n) is 15.0. The first-order valence-corrected chi connectivity index (χ1v) is 15.0. The van der Waals surface area contributed by atoms with Gasteiger partial charge < -0.3 is 19.3 Å². The van der Waals surface area contributed by atoms with Gasteiger partial charge in [-0.25, -0.2) is 0 Å². The number of hydrogen-bond acceptors (Lipinski definition) is 4. The zero-order chi connectivity index (χ0) is 27.1. The Morgan fingerprint density at radius 3 is 2.46 bits per heavy atom. The SMILES string of the molecule is COC1O[C@]23C=C[C@@H]4[C@@]1(CC[C@]1(C)[C@@H](C[C@H](C)C/C=C/C(C)(C)OC)CC[C@@]41C)[C@@H]2CC[C@H](O)C3(C)C. The van der Waals surface area contributed by atoms with Crippen LogP contribution in [0.25, 0.3) is 0 Å². The van der Waals surface area contributed by atoms with Crippen molar-refractivity contribution in [1.82, 2.24) is 0 Å². The molecule has 1 heterocycles. The van der Waals surface area contributed by atoms with Crippen molar-refractivity contribution in [3.63, 3.8) is 0 Å². The summed E-state index contributed by atoms with van der Waals surface area (Å²) in [6.07, 6.45) is 18.3. The summed E-state index contributed by atoms with van der Waals surface area (Å²) in [7, 11) is 3.63. The van der Waals surface area contributed by atoms with Gasteiger partial charge in [0.15, 0.2) is 6.29 Å². The molecule has 10 atom stereocenters. The monoisotopic (exact) mass is 514 g/mol. The van der Waals surface area contributed by atoms with Gasteiger partial charge >= 0.3 is 0 Å². The fraction of sp³-hybridized carbons (Fsp3) is 0.879. The number of ether oxygens (including phenoxy) is 3. The molecule has 2 bridgehead atoms. The van der Waals surface area contributed by atoms with Crippen molar-refractivity contribution in [3.05, 3.63) is 24.3 Å². The third-order valence-corrected chi connectivity index (χ3v) is 13.1. The summed E-state index contributed by atoms with van der Waals surface area (Å²) in [5.41, 5.74) is -0.385. The van der Waals surface area contributed by atoms with Gasteiger partial charge in [-0.2, -0.15) is 0 Å². The average Bonchev–Trinajstić information content (AvgIpc) is 3.20. The van der Waals surface area contributed by atoms with Crippen molar-refractivity contribution in [2.24, 2.45) is 45.3 Å². The normalized spacial score (nSPS) is 49.1. The topological polar surface area (TPSA) is 47.9 Å². The lowest BCUT2D eigenvalue weighted by molar-refractivity contribution is -0.225. The Morgan fingerprint density at radius 2 is 1.78 bits per heavy atom. The van der Waals surface area contributed by atoms with Crippen molar-refractivity contribution >= 4 is 0 Å². The van der Waals surface area contributed by atoms with Gasteiger partial charge in [0.25, 0.3) is 0 Å². The number of rotatable bonds is 7. The van der Waals surface area contributed by atoms with Crippen molar-refractivity contribution < 1.29 is 19.3 Å². The minimum Gasteiger partial charge on any atom is -0.392 e. The van der Waals surface area contributed by atoms with Gasteiger partial charge in [-0.1, -0.05) is 58.9 Å². The molecule has 0 radical (unpaired) electrons. The Kier molecular flexibility index (Phi) is 6.71. The summed E-state index contributed by atoms with van der Waals surface area (Å²) >= 11 is 0. The predicted octanol–water partition coefficient (Wildman–Crippen LogP) is 7.31. The van der Waals surface area contributed by atoms with Gasteiger partial charge in [0.2, 0.25) is 0 Å².